The zero-order chi connectivity index (χ0) is 24.4. The predicted octanol–water partition coefficient (Wildman–Crippen LogP) is 3.56. The topological polar surface area (TPSA) is 96.2 Å². The van der Waals surface area contributed by atoms with Gasteiger partial charge in [-0.15, -0.1) is 0 Å². The molecule has 7 nitrogen and oxygen atoms in total. The smallest absolute Gasteiger partial charge is 0.253 e. The summed E-state index contributed by atoms with van der Waals surface area (Å²) in [6.45, 7) is 3.67. The van der Waals surface area contributed by atoms with Crippen LogP contribution in [0.3, 0.4) is 0 Å². The van der Waals surface area contributed by atoms with Crippen LogP contribution in [0.5, 0.6) is 0 Å². The Hall–Kier alpha value is -3.85. The fraction of sp³-hybridized carbons (Fsp3) is 0.240. The highest BCUT2D eigenvalue weighted by Gasteiger charge is 2.29. The third-order valence-corrected chi connectivity index (χ3v) is 5.82. The van der Waals surface area contributed by atoms with Crippen molar-refractivity contribution in [1.82, 2.24) is 15.1 Å². The minimum Gasteiger partial charge on any atom is -0.394 e. The van der Waals surface area contributed by atoms with Crippen LogP contribution in [0.15, 0.2) is 54.2 Å². The maximum atomic E-state index is 14.8. The van der Waals surface area contributed by atoms with Gasteiger partial charge in [-0.05, 0) is 55.3 Å². The summed E-state index contributed by atoms with van der Waals surface area (Å²) in [6.07, 6.45) is 1.40. The van der Waals surface area contributed by atoms with Crippen molar-refractivity contribution in [1.29, 1.82) is 0 Å². The molecule has 1 atom stereocenters. The van der Waals surface area contributed by atoms with Gasteiger partial charge < -0.3 is 15.7 Å². The number of amides is 2. The summed E-state index contributed by atoms with van der Waals surface area (Å²) in [5.41, 5.74) is 3.21. The number of aliphatic hydroxyl groups excluding tert-OH is 1. The van der Waals surface area contributed by atoms with Crippen LogP contribution in [-0.4, -0.2) is 33.3 Å². The summed E-state index contributed by atoms with van der Waals surface area (Å²) in [7, 11) is 0. The third kappa shape index (κ3) is 4.74. The standard InChI is InChI=1S/C25H24F2N4O3/c1-14-9-21(27)19(23-10-15(2)31(30-23)7-8-32)11-22(14)29-25(34)20-13-28-24(33)12-18(20)16-3-5-17(26)6-4-16/h3-6,9-11,13,18,32H,7-8,12H2,1-2H3,(H,28,33)(H,29,34)/t18-/m0/s1. The van der Waals surface area contributed by atoms with Crippen LogP contribution in [0.25, 0.3) is 11.3 Å². The number of benzene rings is 2. The molecule has 9 heteroatoms. The number of hydrogen-bond donors (Lipinski definition) is 3. The highest BCUT2D eigenvalue weighted by Crippen LogP contribution is 2.33. The van der Waals surface area contributed by atoms with Crippen molar-refractivity contribution >= 4 is 17.5 Å². The second kappa shape index (κ2) is 9.56. The van der Waals surface area contributed by atoms with Gasteiger partial charge in [0.25, 0.3) is 5.91 Å². The lowest BCUT2D eigenvalue weighted by Crippen LogP contribution is -2.32. The first-order chi connectivity index (χ1) is 16.3. The molecule has 1 aliphatic heterocycles. The van der Waals surface area contributed by atoms with Gasteiger partial charge in [-0.3, -0.25) is 14.3 Å². The maximum absolute atomic E-state index is 14.8. The average Bonchev–Trinajstić information content (AvgIpc) is 3.16. The van der Waals surface area contributed by atoms with Crippen molar-refractivity contribution in [2.45, 2.75) is 32.7 Å². The van der Waals surface area contributed by atoms with Crippen molar-refractivity contribution in [2.75, 3.05) is 11.9 Å². The molecule has 0 spiro atoms. The van der Waals surface area contributed by atoms with E-state index in [2.05, 4.69) is 15.7 Å². The van der Waals surface area contributed by atoms with Crippen LogP contribution in [0, 0.1) is 25.5 Å². The lowest BCUT2D eigenvalue weighted by Gasteiger charge is -2.24. The summed E-state index contributed by atoms with van der Waals surface area (Å²) in [6, 6.07) is 10.2. The van der Waals surface area contributed by atoms with E-state index in [0.717, 1.165) is 5.69 Å². The van der Waals surface area contributed by atoms with E-state index in [0.29, 0.717) is 28.1 Å². The number of hydrogen-bond acceptors (Lipinski definition) is 4. The van der Waals surface area contributed by atoms with Crippen molar-refractivity contribution in [3.63, 3.8) is 0 Å². The number of nitrogens with one attached hydrogen (secondary N) is 2. The summed E-state index contributed by atoms with van der Waals surface area (Å²) in [5, 5.41) is 18.9. The summed E-state index contributed by atoms with van der Waals surface area (Å²) >= 11 is 0. The molecule has 34 heavy (non-hydrogen) atoms. The minimum absolute atomic E-state index is 0.0418. The molecule has 0 unspecified atom stereocenters. The number of nitrogens with zero attached hydrogens (tertiary/aromatic N) is 2. The molecule has 3 N–H and O–H groups in total. The van der Waals surface area contributed by atoms with E-state index < -0.39 is 23.5 Å². The van der Waals surface area contributed by atoms with Crippen LogP contribution in [0.2, 0.25) is 0 Å². The van der Waals surface area contributed by atoms with Crippen LogP contribution in [0.1, 0.15) is 29.2 Å². The number of rotatable bonds is 6. The monoisotopic (exact) mass is 466 g/mol. The van der Waals surface area contributed by atoms with Gasteiger partial charge in [0.2, 0.25) is 5.91 Å². The van der Waals surface area contributed by atoms with Crippen LogP contribution in [-0.2, 0) is 16.1 Å². The zero-order valence-electron chi connectivity index (χ0n) is 18.7. The number of halogens is 2. The molecule has 0 bridgehead atoms. The van der Waals surface area contributed by atoms with Gasteiger partial charge in [0.1, 0.15) is 11.6 Å². The Balaban J connectivity index is 1.64. The molecule has 1 aromatic heterocycles. The molecular formula is C25H24F2N4O3. The fourth-order valence-electron chi connectivity index (χ4n) is 3.99. The number of aromatic nitrogens is 2. The van der Waals surface area contributed by atoms with Crippen molar-refractivity contribution in [3.05, 3.63) is 82.7 Å². The highest BCUT2D eigenvalue weighted by atomic mass is 19.1. The van der Waals surface area contributed by atoms with Crippen LogP contribution < -0.4 is 10.6 Å². The van der Waals surface area contributed by atoms with Gasteiger partial charge in [0.15, 0.2) is 0 Å². The Labute approximate surface area is 195 Å². The number of aryl methyl sites for hydroxylation is 2. The van der Waals surface area contributed by atoms with Gasteiger partial charge in [-0.25, -0.2) is 8.78 Å². The summed E-state index contributed by atoms with van der Waals surface area (Å²) in [5.74, 6) is -2.16. The van der Waals surface area contributed by atoms with E-state index >= 15 is 0 Å². The van der Waals surface area contributed by atoms with Gasteiger partial charge in [-0.1, -0.05) is 12.1 Å². The van der Waals surface area contributed by atoms with E-state index in [9.17, 15) is 23.5 Å². The summed E-state index contributed by atoms with van der Waals surface area (Å²) < 4.78 is 29.7. The molecule has 4 rings (SSSR count). The van der Waals surface area contributed by atoms with E-state index in [1.54, 1.807) is 36.7 Å². The van der Waals surface area contributed by atoms with Gasteiger partial charge in [0, 0.05) is 41.1 Å². The van der Waals surface area contributed by atoms with Crippen molar-refractivity contribution < 1.29 is 23.5 Å². The maximum Gasteiger partial charge on any atom is 0.253 e. The Morgan fingerprint density at radius 1 is 1.21 bits per heavy atom. The normalized spacial score (nSPS) is 15.6. The molecule has 1 aliphatic rings. The van der Waals surface area contributed by atoms with Crippen molar-refractivity contribution in [3.8, 4) is 11.3 Å². The second-order valence-electron chi connectivity index (χ2n) is 8.19. The molecule has 2 heterocycles. The molecule has 0 fully saturated rings. The Morgan fingerprint density at radius 3 is 2.65 bits per heavy atom. The number of anilines is 1. The largest absolute Gasteiger partial charge is 0.394 e. The van der Waals surface area contributed by atoms with Gasteiger partial charge in [-0.2, -0.15) is 5.10 Å². The second-order valence-corrected chi connectivity index (χ2v) is 8.19. The molecule has 0 saturated heterocycles. The first-order valence-corrected chi connectivity index (χ1v) is 10.8. The Bertz CT molecular complexity index is 1280. The van der Waals surface area contributed by atoms with Crippen LogP contribution in [0.4, 0.5) is 14.5 Å². The molecule has 3 aromatic rings. The quantitative estimate of drug-likeness (QED) is 0.518. The minimum atomic E-state index is -0.550. The molecule has 2 amide bonds. The van der Waals surface area contributed by atoms with Gasteiger partial charge >= 0.3 is 0 Å². The van der Waals surface area contributed by atoms with E-state index in [1.165, 1.54) is 30.5 Å². The van der Waals surface area contributed by atoms with E-state index in [1.807, 2.05) is 0 Å². The number of aliphatic hydroxyl groups is 1. The van der Waals surface area contributed by atoms with Crippen molar-refractivity contribution in [2.24, 2.45) is 0 Å². The first-order valence-electron chi connectivity index (χ1n) is 10.8. The SMILES string of the molecule is Cc1cc(F)c(-c2cc(C)n(CCO)n2)cc1NC(=O)C1=CNC(=O)C[C@H]1c1ccc(F)cc1. The fourth-order valence-corrected chi connectivity index (χ4v) is 3.99. The average molecular weight is 466 g/mol. The summed E-state index contributed by atoms with van der Waals surface area (Å²) in [4.78, 5) is 25.2. The van der Waals surface area contributed by atoms with Crippen LogP contribution >= 0.6 is 0 Å². The zero-order valence-corrected chi connectivity index (χ0v) is 18.7. The number of carbonyl (C=O) groups excluding carboxylic acids is 2. The molecule has 0 radical (unpaired) electrons. The van der Waals surface area contributed by atoms with E-state index in [4.69, 9.17) is 0 Å². The first kappa shape index (κ1) is 23.3. The van der Waals surface area contributed by atoms with Gasteiger partial charge in [0.05, 0.1) is 18.8 Å². The Morgan fingerprint density at radius 2 is 1.94 bits per heavy atom. The molecule has 0 aliphatic carbocycles. The Kier molecular flexibility index (Phi) is 6.56. The van der Waals surface area contributed by atoms with E-state index in [-0.39, 0.29) is 31.0 Å². The highest BCUT2D eigenvalue weighted by molar-refractivity contribution is 6.07. The lowest BCUT2D eigenvalue weighted by molar-refractivity contribution is -0.121. The predicted molar refractivity (Wildman–Crippen MR) is 123 cm³/mol. The third-order valence-electron chi connectivity index (χ3n) is 5.82. The molecule has 176 valence electrons. The molecule has 0 saturated carbocycles. The number of carbonyl (C=O) groups is 2. The molecule has 2 aromatic carbocycles. The molecular weight excluding hydrogens is 442 g/mol. The lowest BCUT2D eigenvalue weighted by atomic mass is 9.86.